The molecule has 3 rings (SSSR count). The van der Waals surface area contributed by atoms with Crippen molar-refractivity contribution in [1.82, 2.24) is 10.2 Å². The molecule has 1 unspecified atom stereocenters. The lowest BCUT2D eigenvalue weighted by Gasteiger charge is -2.15. The summed E-state index contributed by atoms with van der Waals surface area (Å²) in [4.78, 5) is 38.0. The summed E-state index contributed by atoms with van der Waals surface area (Å²) < 4.78 is 0. The van der Waals surface area contributed by atoms with Crippen molar-refractivity contribution >= 4 is 30.1 Å². The molecular formula is C21H24ClN3O3. The van der Waals surface area contributed by atoms with Crippen LogP contribution in [0.1, 0.15) is 50.7 Å². The van der Waals surface area contributed by atoms with Gasteiger partial charge in [-0.3, -0.25) is 19.3 Å². The molecule has 6 nitrogen and oxygen atoms in total. The Morgan fingerprint density at radius 3 is 2.14 bits per heavy atom. The van der Waals surface area contributed by atoms with E-state index in [1.54, 1.807) is 24.3 Å². The molecule has 0 saturated carbocycles. The quantitative estimate of drug-likeness (QED) is 0.551. The molecule has 0 fully saturated rings. The monoisotopic (exact) mass is 401 g/mol. The number of nitrogens with two attached hydrogens (primary N) is 1. The van der Waals surface area contributed by atoms with E-state index in [0.717, 1.165) is 11.1 Å². The van der Waals surface area contributed by atoms with Crippen molar-refractivity contribution in [2.45, 2.75) is 25.8 Å². The fourth-order valence-corrected chi connectivity index (χ4v) is 3.08. The molecule has 28 heavy (non-hydrogen) atoms. The number of rotatable bonds is 7. The lowest BCUT2D eigenvalue weighted by molar-refractivity contribution is -0.122. The number of amides is 3. The molecule has 1 aliphatic rings. The van der Waals surface area contributed by atoms with Gasteiger partial charge >= 0.3 is 0 Å². The summed E-state index contributed by atoms with van der Waals surface area (Å²) in [6.07, 6.45) is 1.27. The van der Waals surface area contributed by atoms with Crippen LogP contribution in [0.2, 0.25) is 0 Å². The molecule has 1 heterocycles. The number of fused-ring (bicyclic) bond motifs is 1. The molecule has 1 atom stereocenters. The minimum absolute atomic E-state index is 0. The summed E-state index contributed by atoms with van der Waals surface area (Å²) >= 11 is 0. The summed E-state index contributed by atoms with van der Waals surface area (Å²) in [6, 6.07) is 13.7. The number of nitrogens with one attached hydrogen (secondary N) is 1. The van der Waals surface area contributed by atoms with Gasteiger partial charge in [-0.15, -0.1) is 12.4 Å². The van der Waals surface area contributed by atoms with Crippen molar-refractivity contribution in [3.05, 3.63) is 70.8 Å². The van der Waals surface area contributed by atoms with E-state index < -0.39 is 6.04 Å². The largest absolute Gasteiger partial charge is 0.354 e. The van der Waals surface area contributed by atoms with E-state index in [-0.39, 0.29) is 30.1 Å². The third-order valence-electron chi connectivity index (χ3n) is 4.70. The van der Waals surface area contributed by atoms with Gasteiger partial charge in [0.1, 0.15) is 6.04 Å². The number of halogens is 1. The zero-order valence-corrected chi connectivity index (χ0v) is 16.5. The van der Waals surface area contributed by atoms with Gasteiger partial charge in [0.2, 0.25) is 5.91 Å². The van der Waals surface area contributed by atoms with E-state index in [1.807, 2.05) is 31.2 Å². The van der Waals surface area contributed by atoms with Crippen LogP contribution in [0.15, 0.2) is 48.5 Å². The van der Waals surface area contributed by atoms with Crippen LogP contribution < -0.4 is 11.1 Å². The molecular weight excluding hydrogens is 378 g/mol. The van der Waals surface area contributed by atoms with Crippen molar-refractivity contribution in [2.75, 3.05) is 13.1 Å². The Morgan fingerprint density at radius 1 is 1.00 bits per heavy atom. The number of carbonyl (C=O) groups excluding carboxylic acids is 3. The van der Waals surface area contributed by atoms with Crippen LogP contribution in [0.3, 0.4) is 0 Å². The van der Waals surface area contributed by atoms with Crippen molar-refractivity contribution < 1.29 is 14.4 Å². The van der Waals surface area contributed by atoms with Gasteiger partial charge in [-0.1, -0.05) is 42.0 Å². The first kappa shape index (κ1) is 21.6. The minimum Gasteiger partial charge on any atom is -0.354 e. The Bertz CT molecular complexity index is 832. The Hall–Kier alpha value is -2.70. The van der Waals surface area contributed by atoms with Crippen molar-refractivity contribution in [3.8, 4) is 0 Å². The molecule has 0 aliphatic carbocycles. The summed E-state index contributed by atoms with van der Waals surface area (Å²) in [6.45, 7) is 2.76. The van der Waals surface area contributed by atoms with Crippen LogP contribution in [-0.4, -0.2) is 35.7 Å². The smallest absolute Gasteiger partial charge is 0.261 e. The third kappa shape index (κ3) is 4.58. The number of imide groups is 1. The number of benzene rings is 2. The normalized spacial score (nSPS) is 13.7. The average Bonchev–Trinajstić information content (AvgIpc) is 2.92. The number of hydrogen-bond acceptors (Lipinski definition) is 4. The average molecular weight is 402 g/mol. The molecule has 148 valence electrons. The number of hydrogen-bond donors (Lipinski definition) is 2. The molecule has 1 aliphatic heterocycles. The summed E-state index contributed by atoms with van der Waals surface area (Å²) in [7, 11) is 0. The first-order valence-corrected chi connectivity index (χ1v) is 9.04. The van der Waals surface area contributed by atoms with Gasteiger partial charge in [0.25, 0.3) is 11.8 Å². The molecule has 0 spiro atoms. The van der Waals surface area contributed by atoms with Crippen LogP contribution in [-0.2, 0) is 4.79 Å². The number of aryl methyl sites for hydroxylation is 1. The second-order valence-corrected chi connectivity index (χ2v) is 6.69. The molecule has 0 aromatic heterocycles. The zero-order chi connectivity index (χ0) is 19.4. The van der Waals surface area contributed by atoms with Gasteiger partial charge in [-0.2, -0.15) is 0 Å². The highest BCUT2D eigenvalue weighted by atomic mass is 35.5. The highest BCUT2D eigenvalue weighted by Gasteiger charge is 2.34. The first-order chi connectivity index (χ1) is 13.0. The van der Waals surface area contributed by atoms with E-state index in [9.17, 15) is 14.4 Å². The lowest BCUT2D eigenvalue weighted by Crippen LogP contribution is -2.35. The van der Waals surface area contributed by atoms with Gasteiger partial charge in [0.15, 0.2) is 0 Å². The molecule has 2 aromatic rings. The van der Waals surface area contributed by atoms with Gasteiger partial charge in [-0.05, 0) is 37.5 Å². The van der Waals surface area contributed by atoms with Gasteiger partial charge in [0.05, 0.1) is 11.1 Å². The summed E-state index contributed by atoms with van der Waals surface area (Å²) in [5.74, 6) is -0.735. The van der Waals surface area contributed by atoms with E-state index in [4.69, 9.17) is 5.73 Å². The zero-order valence-electron chi connectivity index (χ0n) is 15.7. The Labute approximate surface area is 170 Å². The third-order valence-corrected chi connectivity index (χ3v) is 4.70. The molecule has 2 aromatic carbocycles. The van der Waals surface area contributed by atoms with Crippen LogP contribution >= 0.6 is 12.4 Å². The Morgan fingerprint density at radius 2 is 1.57 bits per heavy atom. The van der Waals surface area contributed by atoms with E-state index in [1.165, 1.54) is 4.90 Å². The number of unbranched alkanes of at least 4 members (excludes halogenated alkanes) is 1. The second kappa shape index (κ2) is 9.48. The van der Waals surface area contributed by atoms with Crippen LogP contribution in [0, 0.1) is 6.92 Å². The van der Waals surface area contributed by atoms with Crippen molar-refractivity contribution in [3.63, 3.8) is 0 Å². The van der Waals surface area contributed by atoms with E-state index in [2.05, 4.69) is 5.32 Å². The maximum atomic E-state index is 12.3. The summed E-state index contributed by atoms with van der Waals surface area (Å²) in [5.41, 5.74) is 8.77. The van der Waals surface area contributed by atoms with Crippen LogP contribution in [0.4, 0.5) is 0 Å². The Balaban J connectivity index is 0.00000280. The number of nitrogens with zero attached hydrogens (tertiary/aromatic N) is 1. The molecule has 3 N–H and O–H groups in total. The lowest BCUT2D eigenvalue weighted by atomic mass is 10.1. The highest BCUT2D eigenvalue weighted by molar-refractivity contribution is 6.21. The number of carbonyl (C=O) groups is 3. The highest BCUT2D eigenvalue weighted by Crippen LogP contribution is 2.22. The van der Waals surface area contributed by atoms with E-state index in [0.29, 0.717) is 37.1 Å². The first-order valence-electron chi connectivity index (χ1n) is 9.04. The van der Waals surface area contributed by atoms with Crippen molar-refractivity contribution in [1.29, 1.82) is 0 Å². The van der Waals surface area contributed by atoms with Crippen LogP contribution in [0.5, 0.6) is 0 Å². The molecule has 0 saturated heterocycles. The molecule has 0 bridgehead atoms. The van der Waals surface area contributed by atoms with Gasteiger partial charge < -0.3 is 11.1 Å². The fourth-order valence-electron chi connectivity index (χ4n) is 3.08. The van der Waals surface area contributed by atoms with E-state index >= 15 is 0 Å². The topological polar surface area (TPSA) is 92.5 Å². The second-order valence-electron chi connectivity index (χ2n) is 6.69. The van der Waals surface area contributed by atoms with Gasteiger partial charge in [0, 0.05) is 13.1 Å². The maximum Gasteiger partial charge on any atom is 0.261 e. The van der Waals surface area contributed by atoms with Gasteiger partial charge in [-0.25, -0.2) is 0 Å². The minimum atomic E-state index is -0.707. The SMILES string of the molecule is Cc1ccc(C(N)C(=O)NCCCCN2C(=O)c3ccccc3C2=O)cc1.Cl. The standard InChI is InChI=1S/C21H23N3O3.ClH/c1-14-8-10-15(11-9-14)18(22)19(25)23-12-4-5-13-24-20(26)16-6-2-3-7-17(16)21(24)27;/h2-3,6-11,18H,4-5,12-13,22H2,1H3,(H,23,25);1H. The fraction of sp³-hybridized carbons (Fsp3) is 0.286. The molecule has 7 heteroatoms. The molecule has 3 amide bonds. The predicted molar refractivity (Wildman–Crippen MR) is 109 cm³/mol. The Kier molecular flexibility index (Phi) is 7.31. The predicted octanol–water partition coefficient (Wildman–Crippen LogP) is 2.61. The maximum absolute atomic E-state index is 12.3. The van der Waals surface area contributed by atoms with Crippen LogP contribution in [0.25, 0.3) is 0 Å². The summed E-state index contributed by atoms with van der Waals surface area (Å²) in [5, 5.41) is 2.81. The molecule has 0 radical (unpaired) electrons. The van der Waals surface area contributed by atoms with Crippen molar-refractivity contribution in [2.24, 2.45) is 5.73 Å².